The molecular formula is C14H29N3. The molecule has 2 fully saturated rings. The maximum Gasteiger partial charge on any atom is 0.0221 e. The molecule has 0 saturated carbocycles. The van der Waals surface area contributed by atoms with E-state index in [4.69, 9.17) is 0 Å². The lowest BCUT2D eigenvalue weighted by molar-refractivity contribution is 0.118. The smallest absolute Gasteiger partial charge is 0.0221 e. The van der Waals surface area contributed by atoms with Gasteiger partial charge in [-0.15, -0.1) is 0 Å². The minimum atomic E-state index is 0.790. The Kier molecular flexibility index (Phi) is 5.75. The van der Waals surface area contributed by atoms with E-state index in [0.29, 0.717) is 0 Å². The lowest BCUT2D eigenvalue weighted by atomic mass is 10.0. The van der Waals surface area contributed by atoms with Crippen LogP contribution in [0.15, 0.2) is 0 Å². The van der Waals surface area contributed by atoms with Gasteiger partial charge in [-0.3, -0.25) is 4.90 Å². The van der Waals surface area contributed by atoms with Gasteiger partial charge in [0.25, 0.3) is 0 Å². The molecule has 2 aliphatic heterocycles. The predicted octanol–water partition coefficient (Wildman–Crippen LogP) is 1.55. The van der Waals surface area contributed by atoms with Crippen molar-refractivity contribution in [2.45, 2.75) is 44.6 Å². The summed E-state index contributed by atoms with van der Waals surface area (Å²) >= 11 is 0. The number of rotatable bonds is 5. The van der Waals surface area contributed by atoms with E-state index in [9.17, 15) is 0 Å². The van der Waals surface area contributed by atoms with Crippen LogP contribution in [-0.2, 0) is 0 Å². The summed E-state index contributed by atoms with van der Waals surface area (Å²) in [6.07, 6.45) is 8.50. The lowest BCUT2D eigenvalue weighted by Crippen LogP contribution is -2.48. The van der Waals surface area contributed by atoms with Gasteiger partial charge in [-0.1, -0.05) is 12.8 Å². The van der Waals surface area contributed by atoms with Crippen LogP contribution in [-0.4, -0.2) is 62.2 Å². The van der Waals surface area contributed by atoms with Crippen molar-refractivity contribution >= 4 is 0 Å². The molecule has 100 valence electrons. The van der Waals surface area contributed by atoms with Crippen LogP contribution in [0.1, 0.15) is 38.5 Å². The second-order valence-electron chi connectivity index (χ2n) is 5.65. The summed E-state index contributed by atoms with van der Waals surface area (Å²) in [6.45, 7) is 7.74. The first-order valence-electron chi connectivity index (χ1n) is 7.51. The summed E-state index contributed by atoms with van der Waals surface area (Å²) in [4.78, 5) is 5.38. The van der Waals surface area contributed by atoms with Crippen LogP contribution in [0, 0.1) is 0 Å². The van der Waals surface area contributed by atoms with Crippen molar-refractivity contribution in [2.75, 3.05) is 46.3 Å². The van der Waals surface area contributed by atoms with E-state index in [1.165, 1.54) is 77.8 Å². The summed E-state index contributed by atoms with van der Waals surface area (Å²) in [7, 11) is 2.08. The normalized spacial score (nSPS) is 28.4. The maximum atomic E-state index is 3.35. The second kappa shape index (κ2) is 7.34. The topological polar surface area (TPSA) is 18.5 Å². The Morgan fingerprint density at radius 1 is 0.941 bits per heavy atom. The van der Waals surface area contributed by atoms with Crippen LogP contribution >= 0.6 is 0 Å². The summed E-state index contributed by atoms with van der Waals surface area (Å²) in [5, 5.41) is 3.35. The maximum absolute atomic E-state index is 3.35. The molecule has 2 saturated heterocycles. The summed E-state index contributed by atoms with van der Waals surface area (Å²) < 4.78 is 0. The van der Waals surface area contributed by atoms with Crippen LogP contribution in [0.3, 0.4) is 0 Å². The molecule has 0 aromatic carbocycles. The van der Waals surface area contributed by atoms with Crippen molar-refractivity contribution < 1.29 is 0 Å². The minimum Gasteiger partial charge on any atom is -0.318 e. The van der Waals surface area contributed by atoms with Crippen molar-refractivity contribution in [3.8, 4) is 0 Å². The summed E-state index contributed by atoms with van der Waals surface area (Å²) in [5.74, 6) is 0. The molecule has 17 heavy (non-hydrogen) atoms. The van der Waals surface area contributed by atoms with Crippen LogP contribution in [0.4, 0.5) is 0 Å². The molecule has 0 bridgehead atoms. The molecule has 2 rings (SSSR count). The molecule has 0 aromatic heterocycles. The first-order chi connectivity index (χ1) is 8.40. The molecule has 3 nitrogen and oxygen atoms in total. The van der Waals surface area contributed by atoms with Crippen molar-refractivity contribution in [1.29, 1.82) is 0 Å². The highest BCUT2D eigenvalue weighted by Crippen LogP contribution is 2.16. The van der Waals surface area contributed by atoms with E-state index < -0.39 is 0 Å². The molecule has 1 unspecified atom stereocenters. The van der Waals surface area contributed by atoms with Gasteiger partial charge in [0.05, 0.1) is 0 Å². The SMILES string of the molecule is CNCC1CCCCN1CCN1CCCCC1. The number of hydrogen-bond donors (Lipinski definition) is 1. The number of nitrogens with zero attached hydrogens (tertiary/aromatic N) is 2. The average Bonchev–Trinajstić information content (AvgIpc) is 2.39. The zero-order valence-corrected chi connectivity index (χ0v) is 11.5. The van der Waals surface area contributed by atoms with E-state index in [2.05, 4.69) is 22.2 Å². The van der Waals surface area contributed by atoms with E-state index in [0.717, 1.165) is 6.04 Å². The molecule has 0 spiro atoms. The molecule has 0 amide bonds. The van der Waals surface area contributed by atoms with Gasteiger partial charge >= 0.3 is 0 Å². The number of likely N-dealkylation sites (N-methyl/N-ethyl adjacent to an activating group) is 1. The van der Waals surface area contributed by atoms with Gasteiger partial charge in [-0.25, -0.2) is 0 Å². The Bertz CT molecular complexity index is 200. The monoisotopic (exact) mass is 239 g/mol. The van der Waals surface area contributed by atoms with Crippen molar-refractivity contribution in [2.24, 2.45) is 0 Å². The molecular weight excluding hydrogens is 210 g/mol. The fraction of sp³-hybridized carbons (Fsp3) is 1.00. The van der Waals surface area contributed by atoms with Crippen LogP contribution in [0.2, 0.25) is 0 Å². The first-order valence-corrected chi connectivity index (χ1v) is 7.51. The van der Waals surface area contributed by atoms with E-state index >= 15 is 0 Å². The van der Waals surface area contributed by atoms with E-state index in [-0.39, 0.29) is 0 Å². The summed E-state index contributed by atoms with van der Waals surface area (Å²) in [6, 6.07) is 0.790. The van der Waals surface area contributed by atoms with Crippen LogP contribution in [0.25, 0.3) is 0 Å². The molecule has 1 N–H and O–H groups in total. The fourth-order valence-corrected chi connectivity index (χ4v) is 3.27. The largest absolute Gasteiger partial charge is 0.318 e. The third-order valence-electron chi connectivity index (χ3n) is 4.34. The van der Waals surface area contributed by atoms with Crippen LogP contribution in [0.5, 0.6) is 0 Å². The number of piperidine rings is 2. The van der Waals surface area contributed by atoms with Gasteiger partial charge in [0.2, 0.25) is 0 Å². The third-order valence-corrected chi connectivity index (χ3v) is 4.34. The van der Waals surface area contributed by atoms with Gasteiger partial charge in [0.1, 0.15) is 0 Å². The Morgan fingerprint density at radius 3 is 2.47 bits per heavy atom. The Balaban J connectivity index is 1.71. The molecule has 0 aliphatic carbocycles. The van der Waals surface area contributed by atoms with Gasteiger partial charge in [-0.05, 0) is 52.4 Å². The van der Waals surface area contributed by atoms with E-state index in [1.54, 1.807) is 0 Å². The zero-order valence-electron chi connectivity index (χ0n) is 11.5. The Hall–Kier alpha value is -0.120. The predicted molar refractivity (Wildman–Crippen MR) is 73.4 cm³/mol. The highest BCUT2D eigenvalue weighted by molar-refractivity contribution is 4.79. The molecule has 0 aromatic rings. The zero-order chi connectivity index (χ0) is 11.9. The molecule has 1 atom stereocenters. The Morgan fingerprint density at radius 2 is 1.71 bits per heavy atom. The number of likely N-dealkylation sites (tertiary alicyclic amines) is 2. The molecule has 2 aliphatic rings. The lowest BCUT2D eigenvalue weighted by Gasteiger charge is -2.37. The van der Waals surface area contributed by atoms with Crippen molar-refractivity contribution in [3.63, 3.8) is 0 Å². The van der Waals surface area contributed by atoms with Crippen molar-refractivity contribution in [1.82, 2.24) is 15.1 Å². The van der Waals surface area contributed by atoms with Crippen molar-refractivity contribution in [3.05, 3.63) is 0 Å². The van der Waals surface area contributed by atoms with Gasteiger partial charge in [-0.2, -0.15) is 0 Å². The van der Waals surface area contributed by atoms with Gasteiger partial charge < -0.3 is 10.2 Å². The highest BCUT2D eigenvalue weighted by Gasteiger charge is 2.22. The molecule has 0 radical (unpaired) electrons. The summed E-state index contributed by atoms with van der Waals surface area (Å²) in [5.41, 5.74) is 0. The van der Waals surface area contributed by atoms with Gasteiger partial charge in [0, 0.05) is 25.7 Å². The first kappa shape index (κ1) is 13.3. The highest BCUT2D eigenvalue weighted by atomic mass is 15.2. The second-order valence-corrected chi connectivity index (χ2v) is 5.65. The Labute approximate surface area is 107 Å². The van der Waals surface area contributed by atoms with Gasteiger partial charge in [0.15, 0.2) is 0 Å². The minimum absolute atomic E-state index is 0.790. The standard InChI is InChI=1S/C14H29N3/c1-15-13-14-7-3-6-10-17(14)12-11-16-8-4-2-5-9-16/h14-15H,2-13H2,1H3. The molecule has 2 heterocycles. The average molecular weight is 239 g/mol. The van der Waals surface area contributed by atoms with Crippen LogP contribution < -0.4 is 5.32 Å². The number of hydrogen-bond acceptors (Lipinski definition) is 3. The van der Waals surface area contributed by atoms with E-state index in [1.807, 2.05) is 0 Å². The number of nitrogens with one attached hydrogen (secondary N) is 1. The molecule has 3 heteroatoms. The quantitative estimate of drug-likeness (QED) is 0.785. The fourth-order valence-electron chi connectivity index (χ4n) is 3.27. The third kappa shape index (κ3) is 4.23.